The van der Waals surface area contributed by atoms with Gasteiger partial charge in [-0.05, 0) is 31.0 Å². The van der Waals surface area contributed by atoms with Gasteiger partial charge in [0.1, 0.15) is 16.9 Å². The van der Waals surface area contributed by atoms with E-state index in [0.29, 0.717) is 36.1 Å². The number of hydrogen-bond acceptors (Lipinski definition) is 6. The molecular formula is C20H23N6O2+. The summed E-state index contributed by atoms with van der Waals surface area (Å²) < 4.78 is 0. The van der Waals surface area contributed by atoms with Crippen molar-refractivity contribution < 1.29 is 14.5 Å². The molecule has 144 valence electrons. The second-order valence-electron chi connectivity index (χ2n) is 6.88. The molecule has 0 radical (unpaired) electrons. The van der Waals surface area contributed by atoms with Gasteiger partial charge in [0.25, 0.3) is 0 Å². The van der Waals surface area contributed by atoms with Crippen LogP contribution in [0.15, 0.2) is 36.5 Å². The van der Waals surface area contributed by atoms with Crippen molar-refractivity contribution in [3.63, 3.8) is 0 Å². The highest BCUT2D eigenvalue weighted by atomic mass is 16.2. The van der Waals surface area contributed by atoms with Gasteiger partial charge in [-0.25, -0.2) is 14.7 Å². The summed E-state index contributed by atoms with van der Waals surface area (Å²) in [6.45, 7) is 3.84. The Hall–Kier alpha value is -3.31. The molecule has 1 aromatic heterocycles. The van der Waals surface area contributed by atoms with Crippen LogP contribution in [0, 0.1) is 16.7 Å². The molecule has 1 unspecified atom stereocenters. The maximum Gasteiger partial charge on any atom is 0.313 e. The minimum atomic E-state index is -0.965. The minimum Gasteiger partial charge on any atom is -0.324 e. The second kappa shape index (κ2) is 7.74. The van der Waals surface area contributed by atoms with Crippen LogP contribution in [0.4, 0.5) is 23.1 Å². The van der Waals surface area contributed by atoms with Crippen molar-refractivity contribution >= 4 is 35.0 Å². The van der Waals surface area contributed by atoms with Gasteiger partial charge in [-0.2, -0.15) is 10.2 Å². The fourth-order valence-electron chi connectivity index (χ4n) is 3.22. The average molecular weight is 379 g/mol. The van der Waals surface area contributed by atoms with Gasteiger partial charge >= 0.3 is 5.91 Å². The number of quaternary nitrogens is 1. The van der Waals surface area contributed by atoms with E-state index in [1.165, 1.54) is 6.92 Å². The molecule has 2 atom stereocenters. The number of rotatable bonds is 5. The number of amides is 2. The van der Waals surface area contributed by atoms with E-state index in [9.17, 15) is 14.9 Å². The molecule has 2 N–H and O–H groups in total. The second-order valence-corrected chi connectivity index (χ2v) is 6.88. The van der Waals surface area contributed by atoms with Crippen molar-refractivity contribution in [3.05, 3.63) is 36.5 Å². The standard InChI is InChI=1S/C20H22N6O2/c1-4-20(13-21)9-11-26(18(20)28)17-8-10-22-19(24-17)23-15-6-5-7-16(12-15)25(3)14(2)27/h5-8,10,12H,4,9,11H2,1-3H3,(H,22,23,24)/p+1/t20-/m1/s1. The van der Waals surface area contributed by atoms with Crippen LogP contribution in [0.25, 0.3) is 0 Å². The van der Waals surface area contributed by atoms with E-state index in [-0.39, 0.29) is 11.8 Å². The van der Waals surface area contributed by atoms with Crippen molar-refractivity contribution in [2.45, 2.75) is 26.7 Å². The number of nitriles is 1. The van der Waals surface area contributed by atoms with Gasteiger partial charge in [-0.15, -0.1) is 0 Å². The van der Waals surface area contributed by atoms with Crippen LogP contribution in [0.5, 0.6) is 0 Å². The molecule has 1 aliphatic rings. The third-order valence-corrected chi connectivity index (χ3v) is 5.23. The summed E-state index contributed by atoms with van der Waals surface area (Å²) in [7, 11) is 1.78. The molecule has 8 heteroatoms. The maximum absolute atomic E-state index is 12.7. The Bertz CT molecular complexity index is 954. The summed E-state index contributed by atoms with van der Waals surface area (Å²) in [5, 5.41) is 12.6. The van der Waals surface area contributed by atoms with E-state index in [0.717, 1.165) is 11.4 Å². The lowest BCUT2D eigenvalue weighted by Gasteiger charge is -2.19. The Balaban J connectivity index is 1.82. The quantitative estimate of drug-likeness (QED) is 0.817. The lowest BCUT2D eigenvalue weighted by atomic mass is 9.85. The van der Waals surface area contributed by atoms with E-state index >= 15 is 0 Å². The van der Waals surface area contributed by atoms with Gasteiger partial charge in [-0.3, -0.25) is 9.69 Å². The van der Waals surface area contributed by atoms with Gasteiger partial charge in [0.05, 0.1) is 20.0 Å². The first-order valence-electron chi connectivity index (χ1n) is 9.18. The van der Waals surface area contributed by atoms with Crippen molar-refractivity contribution in [2.24, 2.45) is 5.41 Å². The Morgan fingerprint density at radius 1 is 1.43 bits per heavy atom. The highest BCUT2D eigenvalue weighted by Gasteiger charge is 2.46. The predicted molar refractivity (Wildman–Crippen MR) is 104 cm³/mol. The molecule has 3 rings (SSSR count). The lowest BCUT2D eigenvalue weighted by Crippen LogP contribution is -3.06. The Morgan fingerprint density at radius 2 is 2.21 bits per heavy atom. The summed E-state index contributed by atoms with van der Waals surface area (Å²) >= 11 is 0. The molecule has 2 amide bonds. The third kappa shape index (κ3) is 3.57. The zero-order valence-electron chi connectivity index (χ0n) is 16.2. The number of nitrogens with zero attached hydrogens (tertiary/aromatic N) is 4. The molecule has 0 spiro atoms. The Labute approximate surface area is 163 Å². The summed E-state index contributed by atoms with van der Waals surface area (Å²) in [6.07, 6.45) is 2.55. The summed E-state index contributed by atoms with van der Waals surface area (Å²) in [5.74, 6) is 0.611. The SMILES string of the molecule is CC[C@]1(C#N)CCN(c2ccnc(Nc3cccc([NH+](C)C(C)=O)c3)n2)C1=O. The molecule has 1 fully saturated rings. The van der Waals surface area contributed by atoms with Gasteiger partial charge < -0.3 is 5.32 Å². The number of aromatic nitrogens is 2. The zero-order valence-corrected chi connectivity index (χ0v) is 16.2. The molecule has 2 aromatic rings. The van der Waals surface area contributed by atoms with E-state index < -0.39 is 5.41 Å². The topological polar surface area (TPSA) is 103 Å². The molecule has 0 saturated carbocycles. The van der Waals surface area contributed by atoms with Crippen molar-refractivity contribution in [3.8, 4) is 6.07 Å². The van der Waals surface area contributed by atoms with E-state index in [2.05, 4.69) is 21.4 Å². The zero-order chi connectivity index (χ0) is 20.3. The summed E-state index contributed by atoms with van der Waals surface area (Å²) in [4.78, 5) is 35.2. The molecule has 1 saturated heterocycles. The molecular weight excluding hydrogens is 356 g/mol. The fourth-order valence-corrected chi connectivity index (χ4v) is 3.22. The van der Waals surface area contributed by atoms with Crippen molar-refractivity contribution in [2.75, 3.05) is 23.8 Å². The van der Waals surface area contributed by atoms with Gasteiger partial charge in [0.15, 0.2) is 0 Å². The first-order chi connectivity index (χ1) is 13.4. The summed E-state index contributed by atoms with van der Waals surface area (Å²) in [5.41, 5.74) is 0.598. The van der Waals surface area contributed by atoms with Crippen LogP contribution >= 0.6 is 0 Å². The maximum atomic E-state index is 12.7. The third-order valence-electron chi connectivity index (χ3n) is 5.23. The number of carbonyl (C=O) groups is 2. The molecule has 0 bridgehead atoms. The van der Waals surface area contributed by atoms with Gasteiger partial charge in [-0.1, -0.05) is 13.0 Å². The Kier molecular flexibility index (Phi) is 5.38. The molecule has 28 heavy (non-hydrogen) atoms. The Morgan fingerprint density at radius 3 is 2.86 bits per heavy atom. The van der Waals surface area contributed by atoms with E-state index in [1.807, 2.05) is 31.2 Å². The first-order valence-corrected chi connectivity index (χ1v) is 9.18. The normalized spacial score (nSPS) is 19.9. The largest absolute Gasteiger partial charge is 0.324 e. The molecule has 1 aromatic carbocycles. The molecule has 1 aliphatic heterocycles. The van der Waals surface area contributed by atoms with Crippen LogP contribution in [0.2, 0.25) is 0 Å². The number of hydrogen-bond donors (Lipinski definition) is 2. The van der Waals surface area contributed by atoms with Crippen LogP contribution in [0.3, 0.4) is 0 Å². The first kappa shape index (κ1) is 19.5. The average Bonchev–Trinajstić information content (AvgIpc) is 3.04. The number of benzene rings is 1. The summed E-state index contributed by atoms with van der Waals surface area (Å²) in [6, 6.07) is 11.3. The molecule has 2 heterocycles. The monoisotopic (exact) mass is 379 g/mol. The number of anilines is 3. The van der Waals surface area contributed by atoms with Crippen LogP contribution in [-0.2, 0) is 9.59 Å². The van der Waals surface area contributed by atoms with Crippen molar-refractivity contribution in [1.82, 2.24) is 9.97 Å². The van der Waals surface area contributed by atoms with Crippen molar-refractivity contribution in [1.29, 1.82) is 5.26 Å². The van der Waals surface area contributed by atoms with Gasteiger partial charge in [0, 0.05) is 24.5 Å². The fraction of sp³-hybridized carbons (Fsp3) is 0.350. The smallest absolute Gasteiger partial charge is 0.313 e. The predicted octanol–water partition coefficient (Wildman–Crippen LogP) is 1.57. The molecule has 0 aliphatic carbocycles. The minimum absolute atomic E-state index is 0.0137. The highest BCUT2D eigenvalue weighted by molar-refractivity contribution is 6.01. The van der Waals surface area contributed by atoms with Crippen LogP contribution in [0.1, 0.15) is 26.7 Å². The van der Waals surface area contributed by atoms with Crippen LogP contribution < -0.4 is 15.1 Å². The molecule has 8 nitrogen and oxygen atoms in total. The van der Waals surface area contributed by atoms with E-state index in [1.54, 1.807) is 24.2 Å². The van der Waals surface area contributed by atoms with E-state index in [4.69, 9.17) is 0 Å². The number of nitrogens with one attached hydrogen (secondary N) is 2. The highest BCUT2D eigenvalue weighted by Crippen LogP contribution is 2.36. The van der Waals surface area contributed by atoms with Crippen LogP contribution in [-0.4, -0.2) is 35.4 Å². The number of carbonyl (C=O) groups excluding carboxylic acids is 2. The van der Waals surface area contributed by atoms with Gasteiger partial charge in [0.2, 0.25) is 11.9 Å². The lowest BCUT2D eigenvalue weighted by molar-refractivity contribution is -0.723.